The van der Waals surface area contributed by atoms with Gasteiger partial charge in [0.05, 0.1) is 5.60 Å². The molecule has 2 aromatic rings. The summed E-state index contributed by atoms with van der Waals surface area (Å²) in [6.07, 6.45) is 1.59. The van der Waals surface area contributed by atoms with Crippen molar-refractivity contribution in [3.05, 3.63) is 16.7 Å². The predicted molar refractivity (Wildman–Crippen MR) is 69.2 cm³/mol. The summed E-state index contributed by atoms with van der Waals surface area (Å²) in [5, 5.41) is 1.53. The molecule has 0 saturated heterocycles. The molecule has 6 nitrogen and oxygen atoms in total. The molecule has 0 amide bonds. The smallest absolute Gasteiger partial charge is 0.281 e. The Kier molecular flexibility index (Phi) is 3.41. The molecule has 1 N–H and O–H groups in total. The highest BCUT2D eigenvalue weighted by atomic mass is 35.5. The lowest BCUT2D eigenvalue weighted by Crippen LogP contribution is -2.34. The Morgan fingerprint density at radius 2 is 2.17 bits per heavy atom. The van der Waals surface area contributed by atoms with Crippen LogP contribution in [0.3, 0.4) is 0 Å². The third-order valence-corrected chi connectivity index (χ3v) is 4.22. The van der Waals surface area contributed by atoms with E-state index < -0.39 is 15.6 Å². The molecule has 0 radical (unpaired) electrons. The first-order valence-corrected chi connectivity index (χ1v) is 7.76. The maximum atomic E-state index is 12.1. The Bertz CT molecular complexity index is 669. The van der Waals surface area contributed by atoms with Crippen molar-refractivity contribution in [2.75, 3.05) is 0 Å². The zero-order valence-corrected chi connectivity index (χ0v) is 12.4. The molecule has 18 heavy (non-hydrogen) atoms. The molecule has 2 aromatic heterocycles. The van der Waals surface area contributed by atoms with Crippen molar-refractivity contribution in [2.24, 2.45) is 0 Å². The largest absolute Gasteiger partial charge is 0.281 e. The minimum atomic E-state index is -3.87. The van der Waals surface area contributed by atoms with E-state index in [9.17, 15) is 8.42 Å². The first-order chi connectivity index (χ1) is 8.21. The Labute approximate surface area is 114 Å². The molecule has 0 fully saturated rings. The highest BCUT2D eigenvalue weighted by Crippen LogP contribution is 2.25. The summed E-state index contributed by atoms with van der Waals surface area (Å²) < 4.78 is 25.6. The summed E-state index contributed by atoms with van der Waals surface area (Å²) in [5.41, 5.74) is -0.641. The molecule has 0 aliphatic carbocycles. The molecule has 0 bridgehead atoms. The zero-order chi connectivity index (χ0) is 13.6. The molecule has 0 unspecified atom stereocenters. The topological polar surface area (TPSA) is 72.7 Å². The van der Waals surface area contributed by atoms with Gasteiger partial charge in [-0.25, -0.2) is 13.4 Å². The Morgan fingerprint density at radius 3 is 2.78 bits per heavy atom. The molecular formula is C9H12ClN3O3S2. The maximum absolute atomic E-state index is 12.1. The molecule has 2 rings (SSSR count). The summed E-state index contributed by atoms with van der Waals surface area (Å²) in [7, 11) is -3.87. The van der Waals surface area contributed by atoms with Crippen LogP contribution in [-0.2, 0) is 14.9 Å². The molecule has 100 valence electrons. The number of sulfonamides is 1. The van der Waals surface area contributed by atoms with Gasteiger partial charge in [-0.1, -0.05) is 16.5 Å². The molecule has 0 saturated carbocycles. The van der Waals surface area contributed by atoms with Gasteiger partial charge < -0.3 is 0 Å². The fourth-order valence-electron chi connectivity index (χ4n) is 1.20. The van der Waals surface area contributed by atoms with Crippen molar-refractivity contribution in [1.82, 2.24) is 14.3 Å². The van der Waals surface area contributed by atoms with Crippen molar-refractivity contribution in [2.45, 2.75) is 31.4 Å². The normalized spacial score (nSPS) is 13.3. The standard InChI is InChI=1S/C9H12ClN3O3S2/c1-9(2,3)16-12-18(14,15)7-6(10)11-8-13(7)4-5-17-8/h4-5,12H,1-3H3. The van der Waals surface area contributed by atoms with Crippen LogP contribution in [0.15, 0.2) is 16.6 Å². The lowest BCUT2D eigenvalue weighted by molar-refractivity contribution is -0.0358. The number of halogens is 1. The summed E-state index contributed by atoms with van der Waals surface area (Å²) in [6, 6.07) is 0. The van der Waals surface area contributed by atoms with Crippen molar-refractivity contribution in [1.29, 1.82) is 0 Å². The second kappa shape index (κ2) is 4.46. The lowest BCUT2D eigenvalue weighted by Gasteiger charge is -2.18. The van der Waals surface area contributed by atoms with E-state index in [0.29, 0.717) is 4.96 Å². The number of fused-ring (bicyclic) bond motifs is 1. The van der Waals surface area contributed by atoms with E-state index in [-0.39, 0.29) is 10.2 Å². The lowest BCUT2D eigenvalue weighted by atomic mass is 10.2. The van der Waals surface area contributed by atoms with Gasteiger partial charge in [0, 0.05) is 11.6 Å². The van der Waals surface area contributed by atoms with E-state index in [0.717, 1.165) is 0 Å². The van der Waals surface area contributed by atoms with Crippen LogP contribution in [0.2, 0.25) is 5.15 Å². The number of imidazole rings is 1. The fraction of sp³-hybridized carbons (Fsp3) is 0.444. The number of thiazole rings is 1. The summed E-state index contributed by atoms with van der Waals surface area (Å²) in [5.74, 6) is 0. The molecule has 0 spiro atoms. The van der Waals surface area contributed by atoms with Crippen LogP contribution in [0, 0.1) is 0 Å². The van der Waals surface area contributed by atoms with Crippen molar-refractivity contribution in [3.63, 3.8) is 0 Å². The van der Waals surface area contributed by atoms with Gasteiger partial charge >= 0.3 is 0 Å². The summed E-state index contributed by atoms with van der Waals surface area (Å²) >= 11 is 7.14. The third-order valence-electron chi connectivity index (χ3n) is 1.89. The minimum absolute atomic E-state index is 0.0770. The molecule has 0 aliphatic heterocycles. The van der Waals surface area contributed by atoms with Gasteiger partial charge in [-0.15, -0.1) is 11.3 Å². The minimum Gasteiger partial charge on any atom is -0.281 e. The second-order valence-electron chi connectivity index (χ2n) is 4.56. The van der Waals surface area contributed by atoms with Crippen LogP contribution < -0.4 is 4.89 Å². The van der Waals surface area contributed by atoms with Gasteiger partial charge in [0.15, 0.2) is 15.1 Å². The van der Waals surface area contributed by atoms with E-state index in [4.69, 9.17) is 16.4 Å². The number of rotatable bonds is 3. The molecule has 0 atom stereocenters. The Hall–Kier alpha value is -0.670. The molecule has 0 aliphatic rings. The average Bonchev–Trinajstić information content (AvgIpc) is 2.72. The average molecular weight is 310 g/mol. The predicted octanol–water partition coefficient (Wildman–Crippen LogP) is 2.06. The summed E-state index contributed by atoms with van der Waals surface area (Å²) in [6.45, 7) is 5.19. The number of hydrogen-bond donors (Lipinski definition) is 1. The van der Waals surface area contributed by atoms with Crippen LogP contribution >= 0.6 is 22.9 Å². The Morgan fingerprint density at radius 1 is 1.50 bits per heavy atom. The highest BCUT2D eigenvalue weighted by molar-refractivity contribution is 7.89. The fourth-order valence-corrected chi connectivity index (χ4v) is 3.61. The van der Waals surface area contributed by atoms with Crippen LogP contribution in [0.25, 0.3) is 4.96 Å². The van der Waals surface area contributed by atoms with E-state index in [1.807, 2.05) is 0 Å². The molecule has 9 heteroatoms. The van der Waals surface area contributed by atoms with E-state index >= 15 is 0 Å². The van der Waals surface area contributed by atoms with Gasteiger partial charge in [0.2, 0.25) is 0 Å². The zero-order valence-electron chi connectivity index (χ0n) is 9.97. The van der Waals surface area contributed by atoms with Crippen molar-refractivity contribution in [3.8, 4) is 0 Å². The van der Waals surface area contributed by atoms with Gasteiger partial charge in [0.25, 0.3) is 10.0 Å². The SMILES string of the molecule is CC(C)(C)ONS(=O)(=O)c1c(Cl)nc2sccn12. The first kappa shape index (κ1) is 13.8. The number of hydrogen-bond acceptors (Lipinski definition) is 5. The van der Waals surface area contributed by atoms with Crippen molar-refractivity contribution < 1.29 is 13.3 Å². The van der Waals surface area contributed by atoms with E-state index in [1.54, 1.807) is 32.3 Å². The van der Waals surface area contributed by atoms with Gasteiger partial charge in [-0.2, -0.15) is 0 Å². The summed E-state index contributed by atoms with van der Waals surface area (Å²) in [4.78, 5) is 11.6. The number of nitrogens with one attached hydrogen (secondary N) is 1. The van der Waals surface area contributed by atoms with Gasteiger partial charge in [-0.3, -0.25) is 9.24 Å². The van der Waals surface area contributed by atoms with Crippen LogP contribution in [0.4, 0.5) is 0 Å². The van der Waals surface area contributed by atoms with Crippen molar-refractivity contribution >= 4 is 37.9 Å². The second-order valence-corrected chi connectivity index (χ2v) is 7.36. The molecule has 2 heterocycles. The highest BCUT2D eigenvalue weighted by Gasteiger charge is 2.27. The number of nitrogens with zero attached hydrogens (tertiary/aromatic N) is 2. The molecular weight excluding hydrogens is 298 g/mol. The van der Waals surface area contributed by atoms with E-state index in [1.165, 1.54) is 15.7 Å². The van der Waals surface area contributed by atoms with Gasteiger partial charge in [0.1, 0.15) is 0 Å². The van der Waals surface area contributed by atoms with Crippen LogP contribution in [-0.4, -0.2) is 23.4 Å². The maximum Gasteiger partial charge on any atom is 0.281 e. The molecule has 0 aromatic carbocycles. The number of aromatic nitrogens is 2. The van der Waals surface area contributed by atoms with Crippen LogP contribution in [0.5, 0.6) is 0 Å². The third kappa shape index (κ3) is 2.67. The quantitative estimate of drug-likeness (QED) is 0.881. The van der Waals surface area contributed by atoms with E-state index in [2.05, 4.69) is 9.87 Å². The Balaban J connectivity index is 2.40. The van der Waals surface area contributed by atoms with Crippen LogP contribution in [0.1, 0.15) is 20.8 Å². The first-order valence-electron chi connectivity index (χ1n) is 5.01. The van der Waals surface area contributed by atoms with Gasteiger partial charge in [-0.05, 0) is 20.8 Å². The monoisotopic (exact) mass is 309 g/mol.